The maximum Gasteiger partial charge on any atom is 0.256 e. The first-order valence-corrected chi connectivity index (χ1v) is 9.84. The summed E-state index contributed by atoms with van der Waals surface area (Å²) in [5.41, 5.74) is 4.58. The Labute approximate surface area is 168 Å². The first-order valence-electron chi connectivity index (χ1n) is 9.84. The van der Waals surface area contributed by atoms with Gasteiger partial charge in [-0.05, 0) is 29.8 Å². The molecular weight excluding hydrogens is 364 g/mol. The third kappa shape index (κ3) is 3.43. The minimum atomic E-state index is 0.0481. The van der Waals surface area contributed by atoms with Crippen molar-refractivity contribution in [1.82, 2.24) is 19.1 Å². The van der Waals surface area contributed by atoms with E-state index in [2.05, 4.69) is 12.1 Å². The van der Waals surface area contributed by atoms with Crippen molar-refractivity contribution >= 4 is 11.4 Å². The van der Waals surface area contributed by atoms with Crippen LogP contribution in [0.3, 0.4) is 0 Å². The average Bonchev–Trinajstić information content (AvgIpc) is 3.39. The number of nitrogens with zero attached hydrogens (tertiary/aromatic N) is 4. The highest BCUT2D eigenvalue weighted by molar-refractivity contribution is 6.02. The van der Waals surface area contributed by atoms with Crippen molar-refractivity contribution in [2.24, 2.45) is 0 Å². The molecule has 0 saturated carbocycles. The monoisotopic (exact) mass is 386 g/mol. The molecule has 146 valence electrons. The molecule has 1 aromatic carbocycles. The number of fused-ring (bicyclic) bond motifs is 1. The summed E-state index contributed by atoms with van der Waals surface area (Å²) in [6, 6.07) is 20.1. The second-order valence-corrected chi connectivity index (χ2v) is 7.19. The highest BCUT2D eigenvalue weighted by atomic mass is 16.5. The lowest BCUT2D eigenvalue weighted by Crippen LogP contribution is -2.40. The third-order valence-corrected chi connectivity index (χ3v) is 5.30. The van der Waals surface area contributed by atoms with Gasteiger partial charge in [0.05, 0.1) is 36.5 Å². The molecule has 3 aromatic heterocycles. The van der Waals surface area contributed by atoms with Gasteiger partial charge in [0.2, 0.25) is 0 Å². The van der Waals surface area contributed by atoms with Gasteiger partial charge in [-0.2, -0.15) is 5.10 Å². The molecule has 0 bridgehead atoms. The maximum absolute atomic E-state index is 13.1. The second kappa shape index (κ2) is 7.56. The Morgan fingerprint density at radius 3 is 2.59 bits per heavy atom. The molecule has 29 heavy (non-hydrogen) atoms. The fraction of sp³-hybridized carbons (Fsp3) is 0.217. The first kappa shape index (κ1) is 17.7. The number of pyridine rings is 1. The highest BCUT2D eigenvalue weighted by Crippen LogP contribution is 2.26. The van der Waals surface area contributed by atoms with Gasteiger partial charge in [0, 0.05) is 25.5 Å². The van der Waals surface area contributed by atoms with Crippen LogP contribution in [0.1, 0.15) is 15.9 Å². The molecule has 0 aliphatic carbocycles. The summed E-state index contributed by atoms with van der Waals surface area (Å²) in [7, 11) is 0. The van der Waals surface area contributed by atoms with Crippen LogP contribution in [-0.4, -0.2) is 51.3 Å². The Morgan fingerprint density at radius 1 is 0.966 bits per heavy atom. The highest BCUT2D eigenvalue weighted by Gasteiger charge is 2.23. The first-order chi connectivity index (χ1) is 14.3. The van der Waals surface area contributed by atoms with E-state index in [1.807, 2.05) is 74.9 Å². The summed E-state index contributed by atoms with van der Waals surface area (Å²) in [6.45, 7) is 3.15. The molecular formula is C23H22N4O2. The number of amides is 1. The molecule has 1 saturated heterocycles. The summed E-state index contributed by atoms with van der Waals surface area (Å²) in [5.74, 6) is 0.0481. The van der Waals surface area contributed by atoms with Crippen LogP contribution < -0.4 is 0 Å². The van der Waals surface area contributed by atoms with Crippen LogP contribution in [0.2, 0.25) is 0 Å². The Bertz CT molecular complexity index is 1140. The van der Waals surface area contributed by atoms with Crippen LogP contribution in [0.25, 0.3) is 16.9 Å². The average molecular weight is 386 g/mol. The molecule has 1 fully saturated rings. The summed E-state index contributed by atoms with van der Waals surface area (Å²) in [4.78, 5) is 15.0. The molecule has 1 aliphatic rings. The fourth-order valence-electron chi connectivity index (χ4n) is 3.82. The lowest BCUT2D eigenvalue weighted by molar-refractivity contribution is 0.0304. The van der Waals surface area contributed by atoms with Gasteiger partial charge in [0.25, 0.3) is 5.91 Å². The molecule has 4 heterocycles. The van der Waals surface area contributed by atoms with E-state index in [9.17, 15) is 4.79 Å². The molecule has 5 rings (SSSR count). The Kier molecular flexibility index (Phi) is 4.62. The van der Waals surface area contributed by atoms with E-state index in [0.717, 1.165) is 16.9 Å². The van der Waals surface area contributed by atoms with E-state index in [1.165, 1.54) is 5.56 Å². The molecule has 1 aliphatic heterocycles. The quantitative estimate of drug-likeness (QED) is 0.541. The molecule has 1 amide bonds. The van der Waals surface area contributed by atoms with Gasteiger partial charge in [-0.3, -0.25) is 9.48 Å². The van der Waals surface area contributed by atoms with Gasteiger partial charge < -0.3 is 14.0 Å². The van der Waals surface area contributed by atoms with Crippen LogP contribution in [-0.2, 0) is 11.3 Å². The number of benzene rings is 1. The molecule has 0 N–H and O–H groups in total. The van der Waals surface area contributed by atoms with Crippen molar-refractivity contribution in [3.05, 3.63) is 84.2 Å². The summed E-state index contributed by atoms with van der Waals surface area (Å²) >= 11 is 0. The zero-order valence-corrected chi connectivity index (χ0v) is 16.1. The van der Waals surface area contributed by atoms with E-state index in [4.69, 9.17) is 9.84 Å². The van der Waals surface area contributed by atoms with Gasteiger partial charge in [0.15, 0.2) is 0 Å². The molecule has 0 atom stereocenters. The number of rotatable bonds is 4. The minimum Gasteiger partial charge on any atom is -0.378 e. The number of carbonyl (C=O) groups excluding carboxylic acids is 1. The van der Waals surface area contributed by atoms with Gasteiger partial charge in [0.1, 0.15) is 5.69 Å². The summed E-state index contributed by atoms with van der Waals surface area (Å²) in [6.07, 6.45) is 3.96. The van der Waals surface area contributed by atoms with Crippen molar-refractivity contribution in [2.45, 2.75) is 6.54 Å². The summed E-state index contributed by atoms with van der Waals surface area (Å²) in [5, 5.41) is 4.76. The number of morpholine rings is 1. The minimum absolute atomic E-state index is 0.0481. The fourth-order valence-corrected chi connectivity index (χ4v) is 3.82. The standard InChI is InChI=1S/C23H22N4O2/c28-23(25-12-14-29-15-13-25)19-16-22(27-10-5-4-8-21(19)27)20-9-11-26(24-20)17-18-6-2-1-3-7-18/h1-11,16H,12-15,17H2. The van der Waals surface area contributed by atoms with E-state index in [1.54, 1.807) is 0 Å². The Hall–Kier alpha value is -3.38. The van der Waals surface area contributed by atoms with Crippen LogP contribution >= 0.6 is 0 Å². The normalized spacial score (nSPS) is 14.4. The number of carbonyl (C=O) groups is 1. The van der Waals surface area contributed by atoms with E-state index < -0.39 is 0 Å². The lowest BCUT2D eigenvalue weighted by atomic mass is 10.2. The molecule has 4 aromatic rings. The van der Waals surface area contributed by atoms with Crippen LogP contribution in [0.5, 0.6) is 0 Å². The van der Waals surface area contributed by atoms with Gasteiger partial charge in [-0.25, -0.2) is 0 Å². The van der Waals surface area contributed by atoms with Crippen LogP contribution in [0.15, 0.2) is 73.1 Å². The van der Waals surface area contributed by atoms with Crippen LogP contribution in [0.4, 0.5) is 0 Å². The number of hydrogen-bond acceptors (Lipinski definition) is 3. The van der Waals surface area contributed by atoms with Gasteiger partial charge >= 0.3 is 0 Å². The van der Waals surface area contributed by atoms with Crippen molar-refractivity contribution in [2.75, 3.05) is 26.3 Å². The van der Waals surface area contributed by atoms with Crippen LogP contribution in [0, 0.1) is 0 Å². The molecule has 0 radical (unpaired) electrons. The number of ether oxygens (including phenoxy) is 1. The summed E-state index contributed by atoms with van der Waals surface area (Å²) < 4.78 is 9.36. The topological polar surface area (TPSA) is 51.8 Å². The predicted octanol–water partition coefficient (Wildman–Crippen LogP) is 3.32. The second-order valence-electron chi connectivity index (χ2n) is 7.19. The van der Waals surface area contributed by atoms with E-state index in [0.29, 0.717) is 38.4 Å². The Balaban J connectivity index is 1.50. The van der Waals surface area contributed by atoms with Gasteiger partial charge in [-0.1, -0.05) is 36.4 Å². The van der Waals surface area contributed by atoms with Crippen molar-refractivity contribution in [3.63, 3.8) is 0 Å². The predicted molar refractivity (Wildman–Crippen MR) is 111 cm³/mol. The molecule has 0 unspecified atom stereocenters. The zero-order valence-electron chi connectivity index (χ0n) is 16.1. The van der Waals surface area contributed by atoms with E-state index >= 15 is 0 Å². The van der Waals surface area contributed by atoms with Gasteiger partial charge in [-0.15, -0.1) is 0 Å². The SMILES string of the molecule is O=C(c1cc(-c2ccn(Cc3ccccc3)n2)n2ccccc12)N1CCOCC1. The third-order valence-electron chi connectivity index (χ3n) is 5.30. The van der Waals surface area contributed by atoms with E-state index in [-0.39, 0.29) is 5.91 Å². The Morgan fingerprint density at radius 2 is 1.76 bits per heavy atom. The molecule has 6 nitrogen and oxygen atoms in total. The smallest absolute Gasteiger partial charge is 0.256 e. The largest absolute Gasteiger partial charge is 0.378 e. The van der Waals surface area contributed by atoms with Crippen molar-refractivity contribution < 1.29 is 9.53 Å². The zero-order chi connectivity index (χ0) is 19.6. The number of hydrogen-bond donors (Lipinski definition) is 0. The molecule has 0 spiro atoms. The lowest BCUT2D eigenvalue weighted by Gasteiger charge is -2.26. The molecule has 6 heteroatoms. The van der Waals surface area contributed by atoms with Crippen molar-refractivity contribution in [1.29, 1.82) is 0 Å². The van der Waals surface area contributed by atoms with Crippen molar-refractivity contribution in [3.8, 4) is 11.4 Å². The maximum atomic E-state index is 13.1. The number of aromatic nitrogens is 3.